The van der Waals surface area contributed by atoms with Crippen molar-refractivity contribution in [2.24, 2.45) is 5.41 Å². The van der Waals surface area contributed by atoms with Crippen molar-refractivity contribution in [1.82, 2.24) is 4.90 Å². The molecule has 1 aromatic rings. The molecular weight excluding hydrogens is 301 g/mol. The summed E-state index contributed by atoms with van der Waals surface area (Å²) >= 11 is 0. The number of rotatable bonds is 6. The van der Waals surface area contributed by atoms with Gasteiger partial charge in [0.05, 0.1) is 18.6 Å². The SMILES string of the molecule is CCC[C@]1(C(=O)O)CCN(Cc2c(F)cccc2OC)C[C@@H]1O. The number of aliphatic carboxylic acids is 1. The topological polar surface area (TPSA) is 70.0 Å². The molecule has 0 saturated carbocycles. The summed E-state index contributed by atoms with van der Waals surface area (Å²) in [5, 5.41) is 20.0. The molecule has 0 aliphatic carbocycles. The minimum absolute atomic E-state index is 0.212. The molecule has 0 radical (unpaired) electrons. The Kier molecular flexibility index (Phi) is 5.59. The molecule has 0 amide bonds. The highest BCUT2D eigenvalue weighted by atomic mass is 19.1. The first-order valence-electron chi connectivity index (χ1n) is 7.89. The predicted molar refractivity (Wildman–Crippen MR) is 83.8 cm³/mol. The van der Waals surface area contributed by atoms with Crippen LogP contribution < -0.4 is 4.74 Å². The van der Waals surface area contributed by atoms with Crippen LogP contribution in [0.2, 0.25) is 0 Å². The van der Waals surface area contributed by atoms with Crippen molar-refractivity contribution in [2.75, 3.05) is 20.2 Å². The summed E-state index contributed by atoms with van der Waals surface area (Å²) in [6.07, 6.45) is 0.533. The molecule has 1 fully saturated rings. The Morgan fingerprint density at radius 2 is 2.26 bits per heavy atom. The zero-order valence-corrected chi connectivity index (χ0v) is 13.6. The van der Waals surface area contributed by atoms with Gasteiger partial charge in [0.1, 0.15) is 11.6 Å². The van der Waals surface area contributed by atoms with Gasteiger partial charge < -0.3 is 14.9 Å². The third kappa shape index (κ3) is 3.48. The van der Waals surface area contributed by atoms with Crippen LogP contribution in [-0.4, -0.2) is 47.4 Å². The highest BCUT2D eigenvalue weighted by Crippen LogP contribution is 2.37. The molecule has 2 atom stereocenters. The number of piperidine rings is 1. The molecule has 6 heteroatoms. The van der Waals surface area contributed by atoms with Crippen LogP contribution in [0.5, 0.6) is 5.75 Å². The Balaban J connectivity index is 2.14. The first-order valence-corrected chi connectivity index (χ1v) is 7.89. The maximum Gasteiger partial charge on any atom is 0.312 e. The fraction of sp³-hybridized carbons (Fsp3) is 0.588. The first kappa shape index (κ1) is 17.7. The fourth-order valence-corrected chi connectivity index (χ4v) is 3.38. The van der Waals surface area contributed by atoms with Crippen LogP contribution in [0.4, 0.5) is 4.39 Å². The average Bonchev–Trinajstić information content (AvgIpc) is 2.52. The van der Waals surface area contributed by atoms with Crippen molar-refractivity contribution in [3.63, 3.8) is 0 Å². The molecule has 1 aromatic carbocycles. The largest absolute Gasteiger partial charge is 0.496 e. The number of aliphatic hydroxyl groups is 1. The maximum absolute atomic E-state index is 14.0. The van der Waals surface area contributed by atoms with E-state index in [0.29, 0.717) is 37.1 Å². The third-order valence-electron chi connectivity index (χ3n) is 4.74. The standard InChI is InChI=1S/C17H24FNO4/c1-3-7-17(16(21)22)8-9-19(11-15(17)20)10-12-13(18)5-4-6-14(12)23-2/h4-6,15,20H,3,7-11H2,1-2H3,(H,21,22)/t15-,17-/m0/s1. The number of benzene rings is 1. The van der Waals surface area contributed by atoms with E-state index in [1.807, 2.05) is 11.8 Å². The summed E-state index contributed by atoms with van der Waals surface area (Å²) in [6, 6.07) is 4.65. The summed E-state index contributed by atoms with van der Waals surface area (Å²) in [4.78, 5) is 13.5. The van der Waals surface area contributed by atoms with Crippen LogP contribution in [0.3, 0.4) is 0 Å². The van der Waals surface area contributed by atoms with E-state index < -0.39 is 17.5 Å². The number of hydrogen-bond donors (Lipinski definition) is 2. The number of carbonyl (C=O) groups is 1. The Morgan fingerprint density at radius 1 is 1.52 bits per heavy atom. The zero-order chi connectivity index (χ0) is 17.0. The van der Waals surface area contributed by atoms with Crippen molar-refractivity contribution in [2.45, 2.75) is 38.8 Å². The summed E-state index contributed by atoms with van der Waals surface area (Å²) in [6.45, 7) is 2.91. The Labute approximate surface area is 135 Å². The van der Waals surface area contributed by atoms with Gasteiger partial charge in [-0.2, -0.15) is 0 Å². The number of methoxy groups -OCH3 is 1. The van der Waals surface area contributed by atoms with Gasteiger partial charge in [-0.25, -0.2) is 4.39 Å². The van der Waals surface area contributed by atoms with Gasteiger partial charge in [-0.15, -0.1) is 0 Å². The van der Waals surface area contributed by atoms with Crippen LogP contribution in [0.15, 0.2) is 18.2 Å². The average molecular weight is 325 g/mol. The minimum Gasteiger partial charge on any atom is -0.496 e. The number of ether oxygens (including phenoxy) is 1. The molecule has 1 aliphatic heterocycles. The van der Waals surface area contributed by atoms with Crippen molar-refractivity contribution >= 4 is 5.97 Å². The molecule has 2 N–H and O–H groups in total. The normalized spacial score (nSPS) is 25.3. The van der Waals surface area contributed by atoms with Crippen molar-refractivity contribution < 1.29 is 24.1 Å². The Morgan fingerprint density at radius 3 is 2.83 bits per heavy atom. The lowest BCUT2D eigenvalue weighted by Gasteiger charge is -2.42. The molecule has 0 spiro atoms. The van der Waals surface area contributed by atoms with E-state index >= 15 is 0 Å². The summed E-state index contributed by atoms with van der Waals surface area (Å²) in [7, 11) is 1.49. The molecule has 2 rings (SSSR count). The van der Waals surface area contributed by atoms with E-state index in [1.165, 1.54) is 13.2 Å². The monoisotopic (exact) mass is 325 g/mol. The highest BCUT2D eigenvalue weighted by molar-refractivity contribution is 5.75. The van der Waals surface area contributed by atoms with E-state index in [2.05, 4.69) is 0 Å². The van der Waals surface area contributed by atoms with Crippen LogP contribution in [0.25, 0.3) is 0 Å². The Hall–Kier alpha value is -1.66. The van der Waals surface area contributed by atoms with E-state index in [1.54, 1.807) is 12.1 Å². The van der Waals surface area contributed by atoms with Gasteiger partial charge >= 0.3 is 5.97 Å². The van der Waals surface area contributed by atoms with Crippen molar-refractivity contribution in [3.8, 4) is 5.75 Å². The molecular formula is C17H24FNO4. The second-order valence-electron chi connectivity index (χ2n) is 6.13. The summed E-state index contributed by atoms with van der Waals surface area (Å²) < 4.78 is 19.2. The van der Waals surface area contributed by atoms with Gasteiger partial charge in [-0.1, -0.05) is 19.4 Å². The van der Waals surface area contributed by atoms with Gasteiger partial charge in [0.25, 0.3) is 0 Å². The number of carboxylic acid groups (broad SMARTS) is 1. The molecule has 1 heterocycles. The number of carboxylic acids is 1. The minimum atomic E-state index is -1.09. The second-order valence-corrected chi connectivity index (χ2v) is 6.13. The third-order valence-corrected chi connectivity index (χ3v) is 4.74. The van der Waals surface area contributed by atoms with Crippen molar-refractivity contribution in [1.29, 1.82) is 0 Å². The lowest BCUT2D eigenvalue weighted by molar-refractivity contribution is -0.164. The molecule has 5 nitrogen and oxygen atoms in total. The molecule has 1 aliphatic rings. The molecule has 1 saturated heterocycles. The highest BCUT2D eigenvalue weighted by Gasteiger charge is 2.47. The Bertz CT molecular complexity index is 566. The number of β-amino-alcohol motifs (C(OH)–C–C–N with tert-alkyl or cyclic N) is 1. The van der Waals surface area contributed by atoms with Crippen LogP contribution in [0.1, 0.15) is 31.7 Å². The van der Waals surface area contributed by atoms with E-state index in [-0.39, 0.29) is 18.9 Å². The van der Waals surface area contributed by atoms with Gasteiger partial charge in [0.15, 0.2) is 0 Å². The first-order chi connectivity index (χ1) is 10.9. The molecule has 23 heavy (non-hydrogen) atoms. The van der Waals surface area contributed by atoms with E-state index in [0.717, 1.165) is 0 Å². The van der Waals surface area contributed by atoms with E-state index in [9.17, 15) is 19.4 Å². The van der Waals surface area contributed by atoms with Crippen molar-refractivity contribution in [3.05, 3.63) is 29.6 Å². The zero-order valence-electron chi connectivity index (χ0n) is 13.6. The van der Waals surface area contributed by atoms with E-state index in [4.69, 9.17) is 4.74 Å². The number of likely N-dealkylation sites (tertiary alicyclic amines) is 1. The lowest BCUT2D eigenvalue weighted by Crippen LogP contribution is -2.54. The summed E-state index contributed by atoms with van der Waals surface area (Å²) in [5.41, 5.74) is -0.662. The number of nitrogens with zero attached hydrogens (tertiary/aromatic N) is 1. The number of hydrogen-bond acceptors (Lipinski definition) is 4. The van der Waals surface area contributed by atoms with Gasteiger partial charge in [0, 0.05) is 18.7 Å². The summed E-state index contributed by atoms with van der Waals surface area (Å²) in [5.74, 6) is -0.847. The van der Waals surface area contributed by atoms with Gasteiger partial charge in [-0.05, 0) is 31.5 Å². The smallest absolute Gasteiger partial charge is 0.312 e. The fourth-order valence-electron chi connectivity index (χ4n) is 3.38. The second kappa shape index (κ2) is 7.27. The quantitative estimate of drug-likeness (QED) is 0.840. The van der Waals surface area contributed by atoms with Gasteiger partial charge in [-0.3, -0.25) is 9.69 Å². The van der Waals surface area contributed by atoms with Crippen LogP contribution >= 0.6 is 0 Å². The molecule has 128 valence electrons. The molecule has 0 aromatic heterocycles. The number of halogens is 1. The predicted octanol–water partition coefficient (Wildman–Crippen LogP) is 2.27. The molecule has 0 bridgehead atoms. The molecule has 0 unspecified atom stereocenters. The van der Waals surface area contributed by atoms with Gasteiger partial charge in [0.2, 0.25) is 0 Å². The van der Waals surface area contributed by atoms with Crippen LogP contribution in [0, 0.1) is 11.2 Å². The van der Waals surface area contributed by atoms with Crippen LogP contribution in [-0.2, 0) is 11.3 Å². The number of aliphatic hydroxyl groups excluding tert-OH is 1. The lowest BCUT2D eigenvalue weighted by atomic mass is 9.72. The maximum atomic E-state index is 14.0.